The molecule has 0 aliphatic carbocycles. The minimum Gasteiger partial charge on any atom is -0.483 e. The van der Waals surface area contributed by atoms with Crippen molar-refractivity contribution in [1.29, 1.82) is 0 Å². The first-order valence-corrected chi connectivity index (χ1v) is 12.6. The van der Waals surface area contributed by atoms with Gasteiger partial charge in [-0.25, -0.2) is 4.57 Å². The van der Waals surface area contributed by atoms with Crippen molar-refractivity contribution in [1.82, 2.24) is 0 Å². The number of halogens is 1. The van der Waals surface area contributed by atoms with Crippen molar-refractivity contribution in [3.05, 3.63) is 65.2 Å². The molecule has 0 aromatic heterocycles. The number of phosphoric acid groups is 1. The number of nitrogens with zero attached hydrogens (tertiary/aromatic N) is 1. The topological polar surface area (TPSA) is 76.0 Å². The molecule has 1 aliphatic heterocycles. The van der Waals surface area contributed by atoms with Gasteiger partial charge < -0.3 is 4.74 Å². The van der Waals surface area contributed by atoms with Crippen LogP contribution < -0.4 is 4.74 Å². The fourth-order valence-electron chi connectivity index (χ4n) is 3.96. The fourth-order valence-corrected chi connectivity index (χ4v) is 5.88. The van der Waals surface area contributed by atoms with Gasteiger partial charge in [-0.05, 0) is 43.0 Å². The van der Waals surface area contributed by atoms with Crippen molar-refractivity contribution in [3.63, 3.8) is 0 Å². The lowest BCUT2D eigenvalue weighted by Gasteiger charge is -2.46. The summed E-state index contributed by atoms with van der Waals surface area (Å²) < 4.78 is 23.2. The molecule has 4 atom stereocenters. The Kier molecular flexibility index (Phi) is 7.33. The summed E-state index contributed by atoms with van der Waals surface area (Å²) in [6.07, 6.45) is 1.72. The quantitative estimate of drug-likeness (QED) is 0.470. The molecule has 158 valence electrons. The molecule has 0 saturated carbocycles. The van der Waals surface area contributed by atoms with Crippen LogP contribution in [0.25, 0.3) is 0 Å². The van der Waals surface area contributed by atoms with Crippen molar-refractivity contribution in [2.75, 3.05) is 25.9 Å². The van der Waals surface area contributed by atoms with Gasteiger partial charge in [-0.15, -0.1) is 0 Å². The van der Waals surface area contributed by atoms with Crippen molar-refractivity contribution < 1.29 is 28.4 Å². The van der Waals surface area contributed by atoms with Gasteiger partial charge in [0.05, 0.1) is 11.2 Å². The van der Waals surface area contributed by atoms with Crippen LogP contribution in [0, 0.1) is 0 Å². The van der Waals surface area contributed by atoms with E-state index in [1.54, 1.807) is 11.8 Å². The molecule has 4 unspecified atom stereocenters. The fraction of sp³-hybridized carbons (Fsp3) is 0.400. The Bertz CT molecular complexity index is 867. The second-order valence-electron chi connectivity index (χ2n) is 7.14. The number of piperidine rings is 1. The Balaban J connectivity index is 2.02. The first-order valence-electron chi connectivity index (χ1n) is 9.38. The van der Waals surface area contributed by atoms with Crippen LogP contribution in [0.1, 0.15) is 18.4 Å². The smallest absolute Gasteiger partial charge is 0.483 e. The highest BCUT2D eigenvalue weighted by atomic mass is 35.5. The molecule has 0 bridgehead atoms. The predicted octanol–water partition coefficient (Wildman–Crippen LogP) is 4.48. The summed E-state index contributed by atoms with van der Waals surface area (Å²) in [5.74, 6) is 0.659. The Labute approximate surface area is 180 Å². The number of hydrogen-bond acceptors (Lipinski definition) is 4. The largest absolute Gasteiger partial charge is 0.515 e. The zero-order valence-electron chi connectivity index (χ0n) is 16.3. The third-order valence-corrected chi connectivity index (χ3v) is 7.21. The minimum absolute atomic E-state index is 0.0577. The van der Waals surface area contributed by atoms with Crippen LogP contribution >= 0.6 is 31.2 Å². The number of benzene rings is 2. The van der Waals surface area contributed by atoms with E-state index < -0.39 is 7.82 Å². The van der Waals surface area contributed by atoms with E-state index in [9.17, 15) is 14.4 Å². The molecular weight excluding hydrogens is 433 g/mol. The number of quaternary nitrogens is 1. The maximum atomic E-state index is 11.8. The van der Waals surface area contributed by atoms with Crippen molar-refractivity contribution in [2.24, 2.45) is 0 Å². The first kappa shape index (κ1) is 22.6. The Morgan fingerprint density at radius 2 is 1.90 bits per heavy atom. The van der Waals surface area contributed by atoms with Gasteiger partial charge in [0.25, 0.3) is 0 Å². The minimum atomic E-state index is -4.70. The van der Waals surface area contributed by atoms with E-state index in [4.69, 9.17) is 21.0 Å². The van der Waals surface area contributed by atoms with Crippen LogP contribution in [0.3, 0.4) is 0 Å². The third-order valence-electron chi connectivity index (χ3n) is 5.24. The maximum absolute atomic E-state index is 11.8. The maximum Gasteiger partial charge on any atom is 0.515 e. The number of ether oxygens (including phenoxy) is 1. The van der Waals surface area contributed by atoms with Gasteiger partial charge in [-0.1, -0.05) is 46.6 Å². The summed E-state index contributed by atoms with van der Waals surface area (Å²) in [4.78, 5) is 19.1. The monoisotopic (exact) mass is 458 g/mol. The van der Waals surface area contributed by atoms with Crippen LogP contribution in [0.15, 0.2) is 54.6 Å². The van der Waals surface area contributed by atoms with Crippen molar-refractivity contribution >= 4 is 31.2 Å². The van der Waals surface area contributed by atoms with Gasteiger partial charge in [0.1, 0.15) is 25.4 Å². The van der Waals surface area contributed by atoms with E-state index in [1.165, 1.54) is 0 Å². The summed E-state index contributed by atoms with van der Waals surface area (Å²) in [5.41, 5.74) is 1.00. The predicted molar refractivity (Wildman–Crippen MR) is 116 cm³/mol. The molecule has 0 amide bonds. The molecule has 6 nitrogen and oxygen atoms in total. The SMILES string of the molecule is CC[N+]1(OP(=O)(O)O)CC(Oc2ccccc2)C(SC)C(c2cccc(Cl)c2)C1. The Hall–Kier alpha value is -1.05. The average Bonchev–Trinajstić information content (AvgIpc) is 2.67. The van der Waals surface area contributed by atoms with Gasteiger partial charge in [0.15, 0.2) is 6.10 Å². The standard InChI is InChI=1S/C20H25ClNO5PS/c1-3-22(27-28(23,24)25)13-18(15-8-7-9-16(21)12-15)20(29-2)19(14-22)26-17-10-5-4-6-11-17/h4-12,18-20H,3,13-14H2,1-2H3,(H-,23,24,25)/p+1. The van der Waals surface area contributed by atoms with E-state index in [-0.39, 0.29) is 21.9 Å². The van der Waals surface area contributed by atoms with Crippen LogP contribution in [-0.4, -0.2) is 51.7 Å². The summed E-state index contributed by atoms with van der Waals surface area (Å²) in [6, 6.07) is 17.1. The molecule has 2 N–H and O–H groups in total. The Morgan fingerprint density at radius 3 is 2.48 bits per heavy atom. The summed E-state index contributed by atoms with van der Waals surface area (Å²) >= 11 is 7.92. The zero-order valence-corrected chi connectivity index (χ0v) is 18.8. The third kappa shape index (κ3) is 5.76. The second-order valence-corrected chi connectivity index (χ2v) is 9.74. The molecule has 1 fully saturated rings. The van der Waals surface area contributed by atoms with Crippen LogP contribution in [0.2, 0.25) is 5.02 Å². The lowest BCUT2D eigenvalue weighted by atomic mass is 9.88. The van der Waals surface area contributed by atoms with E-state index in [2.05, 4.69) is 0 Å². The molecule has 2 aromatic carbocycles. The van der Waals surface area contributed by atoms with E-state index >= 15 is 0 Å². The number of hydroxylamine groups is 3. The van der Waals surface area contributed by atoms with Crippen LogP contribution in [0.5, 0.6) is 5.75 Å². The number of hydrogen-bond donors (Lipinski definition) is 2. The highest BCUT2D eigenvalue weighted by molar-refractivity contribution is 7.99. The molecule has 29 heavy (non-hydrogen) atoms. The van der Waals surface area contributed by atoms with E-state index in [0.29, 0.717) is 30.4 Å². The lowest BCUT2D eigenvalue weighted by Crippen LogP contribution is -2.62. The van der Waals surface area contributed by atoms with Gasteiger partial charge in [-0.3, -0.25) is 9.79 Å². The number of para-hydroxylation sites is 1. The highest BCUT2D eigenvalue weighted by Crippen LogP contribution is 2.46. The average molecular weight is 459 g/mol. The molecule has 9 heteroatoms. The number of likely N-dealkylation sites (tertiary alicyclic amines) is 1. The molecule has 2 aromatic rings. The first-order chi connectivity index (χ1) is 13.8. The summed E-state index contributed by atoms with van der Waals surface area (Å²) in [6.45, 7) is 3.02. The highest BCUT2D eigenvalue weighted by Gasteiger charge is 2.51. The Morgan fingerprint density at radius 1 is 1.17 bits per heavy atom. The molecule has 1 heterocycles. The lowest BCUT2D eigenvalue weighted by molar-refractivity contribution is -1.09. The van der Waals surface area contributed by atoms with Crippen molar-refractivity contribution in [2.45, 2.75) is 24.2 Å². The molecule has 1 aliphatic rings. The van der Waals surface area contributed by atoms with Crippen molar-refractivity contribution in [3.8, 4) is 5.75 Å². The zero-order chi connectivity index (χ0) is 21.1. The van der Waals surface area contributed by atoms with Gasteiger partial charge in [-0.2, -0.15) is 16.4 Å². The van der Waals surface area contributed by atoms with E-state index in [1.807, 2.05) is 67.8 Å². The summed E-state index contributed by atoms with van der Waals surface area (Å²) in [7, 11) is -4.70. The number of thioether (sulfide) groups is 1. The number of rotatable bonds is 7. The molecule has 1 saturated heterocycles. The second kappa shape index (κ2) is 9.40. The summed E-state index contributed by atoms with van der Waals surface area (Å²) in [5, 5.41) is 0.686. The van der Waals surface area contributed by atoms with Crippen LogP contribution in [-0.2, 0) is 9.19 Å². The molecular formula is C20H26ClNO5PS+. The van der Waals surface area contributed by atoms with Crippen LogP contribution in [0.4, 0.5) is 0 Å². The number of likely N-dealkylation sites (N-methyl/N-ethyl adjacent to an activating group) is 1. The molecule has 0 radical (unpaired) electrons. The van der Waals surface area contributed by atoms with Gasteiger partial charge in [0.2, 0.25) is 0 Å². The van der Waals surface area contributed by atoms with Gasteiger partial charge in [0, 0.05) is 5.02 Å². The van der Waals surface area contributed by atoms with Gasteiger partial charge >= 0.3 is 7.82 Å². The molecule has 0 spiro atoms. The normalized spacial score (nSPS) is 27.6. The van der Waals surface area contributed by atoms with E-state index in [0.717, 1.165) is 5.56 Å². The molecule has 3 rings (SSSR count).